The second-order valence-corrected chi connectivity index (χ2v) is 5.86. The van der Waals surface area contributed by atoms with Crippen molar-refractivity contribution >= 4 is 33.5 Å². The Morgan fingerprint density at radius 3 is 2.95 bits per heavy atom. The van der Waals surface area contributed by atoms with Gasteiger partial charge in [0.15, 0.2) is 0 Å². The predicted molar refractivity (Wildman–Crippen MR) is 87.4 cm³/mol. The number of nitrogens with one attached hydrogen (secondary N) is 1. The average Bonchev–Trinajstić information content (AvgIpc) is 2.94. The summed E-state index contributed by atoms with van der Waals surface area (Å²) in [6.07, 6.45) is 2.89. The smallest absolute Gasteiger partial charge is 0.0422 e. The third-order valence-electron chi connectivity index (χ3n) is 3.34. The highest BCUT2D eigenvalue weighted by Gasteiger charge is 2.05. The van der Waals surface area contributed by atoms with Gasteiger partial charge in [0.25, 0.3) is 0 Å². The van der Waals surface area contributed by atoms with Gasteiger partial charge in [0.05, 0.1) is 0 Å². The van der Waals surface area contributed by atoms with E-state index in [1.807, 2.05) is 25.3 Å². The van der Waals surface area contributed by atoms with Crippen LogP contribution in [0.5, 0.6) is 0 Å². The maximum atomic E-state index is 6.01. The summed E-state index contributed by atoms with van der Waals surface area (Å²) in [6, 6.07) is 10.3. The summed E-state index contributed by atoms with van der Waals surface area (Å²) in [4.78, 5) is 5.72. The monoisotopic (exact) mass is 283 g/mol. The van der Waals surface area contributed by atoms with Gasteiger partial charge in [-0.05, 0) is 43.0 Å². The van der Waals surface area contributed by atoms with Crippen LogP contribution < -0.4 is 11.1 Å². The van der Waals surface area contributed by atoms with Crippen LogP contribution in [0, 0.1) is 6.92 Å². The van der Waals surface area contributed by atoms with Crippen LogP contribution >= 0.6 is 11.3 Å². The number of pyridine rings is 1. The third kappa shape index (κ3) is 2.60. The van der Waals surface area contributed by atoms with E-state index < -0.39 is 0 Å². The largest absolute Gasteiger partial charge is 0.398 e. The summed E-state index contributed by atoms with van der Waals surface area (Å²) in [7, 11) is 0. The fraction of sp³-hybridized carbons (Fsp3) is 0.188. The molecule has 0 aliphatic heterocycles. The molecule has 0 radical (unpaired) electrons. The van der Waals surface area contributed by atoms with E-state index in [2.05, 4.69) is 33.9 Å². The average molecular weight is 283 g/mol. The van der Waals surface area contributed by atoms with Gasteiger partial charge in [0, 0.05) is 45.5 Å². The maximum Gasteiger partial charge on any atom is 0.0422 e. The second-order valence-electron chi connectivity index (χ2n) is 4.83. The molecule has 2 aromatic heterocycles. The molecule has 0 atom stereocenters. The molecular formula is C16H17N3S. The predicted octanol–water partition coefficient (Wildman–Crippen LogP) is 3.84. The first-order valence-electron chi connectivity index (χ1n) is 6.65. The van der Waals surface area contributed by atoms with E-state index in [9.17, 15) is 0 Å². The molecule has 0 saturated carbocycles. The molecule has 20 heavy (non-hydrogen) atoms. The third-order valence-corrected chi connectivity index (χ3v) is 4.27. The molecule has 0 aliphatic rings. The topological polar surface area (TPSA) is 50.9 Å². The van der Waals surface area contributed by atoms with E-state index in [0.29, 0.717) is 0 Å². The zero-order chi connectivity index (χ0) is 13.9. The van der Waals surface area contributed by atoms with Crippen molar-refractivity contribution in [2.24, 2.45) is 0 Å². The number of nitrogens with zero attached hydrogens (tertiary/aromatic N) is 1. The Kier molecular flexibility index (Phi) is 3.56. The highest BCUT2D eigenvalue weighted by molar-refractivity contribution is 7.09. The van der Waals surface area contributed by atoms with E-state index in [1.54, 1.807) is 11.3 Å². The van der Waals surface area contributed by atoms with Crippen molar-refractivity contribution in [2.75, 3.05) is 17.6 Å². The van der Waals surface area contributed by atoms with E-state index in [4.69, 9.17) is 5.73 Å². The fourth-order valence-corrected chi connectivity index (χ4v) is 3.00. The van der Waals surface area contributed by atoms with E-state index in [1.165, 1.54) is 4.88 Å². The van der Waals surface area contributed by atoms with Crippen molar-refractivity contribution < 1.29 is 0 Å². The standard InChI is InChI=1S/C16H17N3S/c1-11-9-13-14(10-19-11)15(17)4-5-16(13)18-7-6-12-3-2-8-20-12/h2-5,8-10,18H,6-7,17H2,1H3. The van der Waals surface area contributed by atoms with Crippen molar-refractivity contribution in [1.29, 1.82) is 0 Å². The first-order valence-corrected chi connectivity index (χ1v) is 7.53. The lowest BCUT2D eigenvalue weighted by molar-refractivity contribution is 1.05. The Balaban J connectivity index is 1.84. The molecular weight excluding hydrogens is 266 g/mol. The van der Waals surface area contributed by atoms with Gasteiger partial charge in [-0.2, -0.15) is 0 Å². The van der Waals surface area contributed by atoms with Crippen LogP contribution in [-0.4, -0.2) is 11.5 Å². The quantitative estimate of drug-likeness (QED) is 0.715. The maximum absolute atomic E-state index is 6.01. The number of nitrogens with two attached hydrogens (primary N) is 1. The van der Waals surface area contributed by atoms with Gasteiger partial charge in [-0.3, -0.25) is 4.98 Å². The van der Waals surface area contributed by atoms with Crippen LogP contribution in [0.2, 0.25) is 0 Å². The minimum atomic E-state index is 0.774. The number of fused-ring (bicyclic) bond motifs is 1. The lowest BCUT2D eigenvalue weighted by Gasteiger charge is -2.11. The van der Waals surface area contributed by atoms with Crippen LogP contribution in [0.4, 0.5) is 11.4 Å². The lowest BCUT2D eigenvalue weighted by atomic mass is 10.1. The summed E-state index contributed by atoms with van der Waals surface area (Å²) in [5.74, 6) is 0. The molecule has 2 heterocycles. The van der Waals surface area contributed by atoms with Crippen molar-refractivity contribution in [3.8, 4) is 0 Å². The van der Waals surface area contributed by atoms with Gasteiger partial charge in [0.1, 0.15) is 0 Å². The van der Waals surface area contributed by atoms with Crippen molar-refractivity contribution in [2.45, 2.75) is 13.3 Å². The molecule has 0 aliphatic carbocycles. The van der Waals surface area contributed by atoms with Gasteiger partial charge in [-0.25, -0.2) is 0 Å². The van der Waals surface area contributed by atoms with Crippen LogP contribution in [0.3, 0.4) is 0 Å². The molecule has 3 aromatic rings. The van der Waals surface area contributed by atoms with Crippen LogP contribution in [0.1, 0.15) is 10.6 Å². The van der Waals surface area contributed by atoms with Crippen molar-refractivity contribution in [1.82, 2.24) is 4.98 Å². The van der Waals surface area contributed by atoms with Gasteiger partial charge >= 0.3 is 0 Å². The second kappa shape index (κ2) is 5.51. The number of rotatable bonds is 4. The number of aryl methyl sites for hydroxylation is 1. The molecule has 0 saturated heterocycles. The molecule has 3 N–H and O–H groups in total. The highest BCUT2D eigenvalue weighted by atomic mass is 32.1. The van der Waals surface area contributed by atoms with E-state index in [0.717, 1.165) is 40.8 Å². The number of hydrogen-bond acceptors (Lipinski definition) is 4. The number of anilines is 2. The summed E-state index contributed by atoms with van der Waals surface area (Å²) >= 11 is 1.80. The number of hydrogen-bond donors (Lipinski definition) is 2. The normalized spacial score (nSPS) is 10.8. The first-order chi connectivity index (χ1) is 9.74. The van der Waals surface area contributed by atoms with Gasteiger partial charge in [0.2, 0.25) is 0 Å². The molecule has 1 aromatic carbocycles. The zero-order valence-corrected chi connectivity index (χ0v) is 12.2. The molecule has 0 amide bonds. The summed E-state index contributed by atoms with van der Waals surface area (Å²) in [6.45, 7) is 2.92. The highest BCUT2D eigenvalue weighted by Crippen LogP contribution is 2.28. The molecule has 0 spiro atoms. The number of aromatic nitrogens is 1. The van der Waals surface area contributed by atoms with Gasteiger partial charge in [-0.1, -0.05) is 6.07 Å². The molecule has 3 rings (SSSR count). The summed E-state index contributed by atoms with van der Waals surface area (Å²) in [5, 5.41) is 7.77. The fourth-order valence-electron chi connectivity index (χ4n) is 2.29. The van der Waals surface area contributed by atoms with Crippen molar-refractivity contribution in [3.05, 3.63) is 52.5 Å². The zero-order valence-electron chi connectivity index (χ0n) is 11.4. The molecule has 102 valence electrons. The lowest BCUT2D eigenvalue weighted by Crippen LogP contribution is -2.05. The number of nitrogen functional groups attached to an aromatic ring is 1. The Morgan fingerprint density at radius 2 is 2.15 bits per heavy atom. The minimum absolute atomic E-state index is 0.774. The van der Waals surface area contributed by atoms with E-state index >= 15 is 0 Å². The van der Waals surface area contributed by atoms with Gasteiger partial charge in [-0.15, -0.1) is 11.3 Å². The first kappa shape index (κ1) is 12.9. The molecule has 0 unspecified atom stereocenters. The number of benzene rings is 1. The molecule has 0 bridgehead atoms. The Hall–Kier alpha value is -2.07. The van der Waals surface area contributed by atoms with Crippen LogP contribution in [-0.2, 0) is 6.42 Å². The van der Waals surface area contributed by atoms with E-state index in [-0.39, 0.29) is 0 Å². The number of thiophene rings is 1. The SMILES string of the molecule is Cc1cc2c(NCCc3cccs3)ccc(N)c2cn1. The molecule has 4 heteroatoms. The molecule has 3 nitrogen and oxygen atoms in total. The van der Waals surface area contributed by atoms with Gasteiger partial charge < -0.3 is 11.1 Å². The Morgan fingerprint density at radius 1 is 1.25 bits per heavy atom. The van der Waals surface area contributed by atoms with Crippen LogP contribution in [0.25, 0.3) is 10.8 Å². The van der Waals surface area contributed by atoms with Crippen LogP contribution in [0.15, 0.2) is 41.9 Å². The van der Waals surface area contributed by atoms with Crippen molar-refractivity contribution in [3.63, 3.8) is 0 Å². The Labute approximate surface area is 122 Å². The summed E-state index contributed by atoms with van der Waals surface area (Å²) < 4.78 is 0. The Bertz CT molecular complexity index is 720. The summed E-state index contributed by atoms with van der Waals surface area (Å²) in [5.41, 5.74) is 8.91. The minimum Gasteiger partial charge on any atom is -0.398 e. The molecule has 0 fully saturated rings.